The topological polar surface area (TPSA) is 12.0 Å². The molecule has 0 aliphatic carbocycles. The molecule has 1 aliphatic rings. The van der Waals surface area contributed by atoms with Gasteiger partial charge in [-0.1, -0.05) is 25.5 Å². The van der Waals surface area contributed by atoms with Gasteiger partial charge in [0, 0.05) is 12.1 Å². The first kappa shape index (κ1) is 6.81. The third-order valence-corrected chi connectivity index (χ3v) is 1.88. The van der Waals surface area contributed by atoms with E-state index in [0.717, 1.165) is 6.54 Å². The van der Waals surface area contributed by atoms with Gasteiger partial charge in [-0.05, 0) is 13.3 Å². The summed E-state index contributed by atoms with van der Waals surface area (Å²) in [5.41, 5.74) is 0.314. The Morgan fingerprint density at radius 1 is 1.67 bits per heavy atom. The van der Waals surface area contributed by atoms with Gasteiger partial charge < -0.3 is 5.32 Å². The molecule has 0 unspecified atom stereocenters. The maximum Gasteiger partial charge on any atom is 0.0338 e. The highest BCUT2D eigenvalue weighted by Gasteiger charge is 2.20. The summed E-state index contributed by atoms with van der Waals surface area (Å²) in [6.45, 7) is 5.52. The Morgan fingerprint density at radius 2 is 2.44 bits per heavy atom. The summed E-state index contributed by atoms with van der Waals surface area (Å²) in [4.78, 5) is 0. The van der Waals surface area contributed by atoms with Crippen molar-refractivity contribution in [3.05, 3.63) is 12.2 Å². The number of hydrogen-bond donors (Lipinski definition) is 1. The smallest absolute Gasteiger partial charge is 0.0338 e. The Bertz CT molecular complexity index is 118. The van der Waals surface area contributed by atoms with Crippen molar-refractivity contribution >= 4 is 0 Å². The first-order valence-corrected chi connectivity index (χ1v) is 3.69. The van der Waals surface area contributed by atoms with E-state index in [2.05, 4.69) is 31.3 Å². The van der Waals surface area contributed by atoms with Crippen LogP contribution < -0.4 is 5.32 Å². The van der Waals surface area contributed by atoms with Crippen LogP contribution in [0.25, 0.3) is 0 Å². The van der Waals surface area contributed by atoms with Crippen molar-refractivity contribution in [3.8, 4) is 0 Å². The summed E-state index contributed by atoms with van der Waals surface area (Å²) in [5, 5.41) is 3.42. The van der Waals surface area contributed by atoms with Crippen molar-refractivity contribution in [1.29, 1.82) is 0 Å². The van der Waals surface area contributed by atoms with Crippen LogP contribution in [0, 0.1) is 0 Å². The standard InChI is InChI=1S/C8H15N/c1-3-5-8(2)6-4-7-9-8/h4,6,9H,3,5,7H2,1-2H3/t8-/m0/s1. The summed E-state index contributed by atoms with van der Waals surface area (Å²) in [5.74, 6) is 0. The second-order valence-corrected chi connectivity index (χ2v) is 2.95. The Kier molecular flexibility index (Phi) is 1.91. The van der Waals surface area contributed by atoms with Crippen LogP contribution in [0.1, 0.15) is 26.7 Å². The van der Waals surface area contributed by atoms with Crippen LogP contribution in [0.3, 0.4) is 0 Å². The van der Waals surface area contributed by atoms with Gasteiger partial charge in [-0.2, -0.15) is 0 Å². The highest BCUT2D eigenvalue weighted by atomic mass is 15.0. The van der Waals surface area contributed by atoms with Gasteiger partial charge >= 0.3 is 0 Å². The van der Waals surface area contributed by atoms with Crippen LogP contribution >= 0.6 is 0 Å². The molecular formula is C8H15N. The molecule has 0 bridgehead atoms. The lowest BCUT2D eigenvalue weighted by Gasteiger charge is -2.21. The van der Waals surface area contributed by atoms with Crippen LogP contribution in [-0.4, -0.2) is 12.1 Å². The summed E-state index contributed by atoms with van der Waals surface area (Å²) >= 11 is 0. The number of rotatable bonds is 2. The molecule has 1 rings (SSSR count). The molecule has 0 aromatic carbocycles. The fourth-order valence-electron chi connectivity index (χ4n) is 1.36. The fraction of sp³-hybridized carbons (Fsp3) is 0.750. The van der Waals surface area contributed by atoms with Gasteiger partial charge in [-0.25, -0.2) is 0 Å². The van der Waals surface area contributed by atoms with Gasteiger partial charge in [0.05, 0.1) is 0 Å². The van der Waals surface area contributed by atoms with Gasteiger partial charge in [-0.15, -0.1) is 0 Å². The molecule has 1 nitrogen and oxygen atoms in total. The third-order valence-electron chi connectivity index (χ3n) is 1.88. The first-order chi connectivity index (χ1) is 4.27. The van der Waals surface area contributed by atoms with Crippen LogP contribution in [0.5, 0.6) is 0 Å². The van der Waals surface area contributed by atoms with E-state index in [0.29, 0.717) is 5.54 Å². The zero-order chi connectivity index (χ0) is 6.74. The quantitative estimate of drug-likeness (QED) is 0.554. The zero-order valence-electron chi connectivity index (χ0n) is 6.28. The van der Waals surface area contributed by atoms with Gasteiger partial charge in [-0.3, -0.25) is 0 Å². The normalized spacial score (nSPS) is 33.6. The Morgan fingerprint density at radius 3 is 2.89 bits per heavy atom. The van der Waals surface area contributed by atoms with Crippen molar-refractivity contribution in [1.82, 2.24) is 5.32 Å². The molecule has 0 spiro atoms. The lowest BCUT2D eigenvalue weighted by molar-refractivity contribution is 0.444. The molecule has 9 heavy (non-hydrogen) atoms. The summed E-state index contributed by atoms with van der Waals surface area (Å²) in [6.07, 6.45) is 6.99. The minimum absolute atomic E-state index is 0.314. The van der Waals surface area contributed by atoms with E-state index in [-0.39, 0.29) is 0 Å². The van der Waals surface area contributed by atoms with Crippen LogP contribution in [0.2, 0.25) is 0 Å². The Balaban J connectivity index is 2.42. The molecule has 0 aromatic heterocycles. The average Bonchev–Trinajstić information content (AvgIpc) is 2.16. The minimum atomic E-state index is 0.314. The van der Waals surface area contributed by atoms with Gasteiger partial charge in [0.15, 0.2) is 0 Å². The minimum Gasteiger partial charge on any atom is -0.305 e. The summed E-state index contributed by atoms with van der Waals surface area (Å²) < 4.78 is 0. The fourth-order valence-corrected chi connectivity index (χ4v) is 1.36. The van der Waals surface area contributed by atoms with E-state index < -0.39 is 0 Å². The SMILES string of the molecule is CCC[C@@]1(C)C=CCN1. The average molecular weight is 125 g/mol. The highest BCUT2D eigenvalue weighted by Crippen LogP contribution is 2.16. The lowest BCUT2D eigenvalue weighted by atomic mass is 9.98. The largest absolute Gasteiger partial charge is 0.305 e. The molecule has 0 saturated carbocycles. The summed E-state index contributed by atoms with van der Waals surface area (Å²) in [6, 6.07) is 0. The Labute approximate surface area is 57.1 Å². The predicted octanol–water partition coefficient (Wildman–Crippen LogP) is 1.70. The van der Waals surface area contributed by atoms with Gasteiger partial charge in [0.2, 0.25) is 0 Å². The van der Waals surface area contributed by atoms with Crippen molar-refractivity contribution in [3.63, 3.8) is 0 Å². The van der Waals surface area contributed by atoms with Crippen molar-refractivity contribution in [2.45, 2.75) is 32.2 Å². The second kappa shape index (κ2) is 2.53. The third kappa shape index (κ3) is 1.55. The first-order valence-electron chi connectivity index (χ1n) is 3.69. The molecule has 1 N–H and O–H groups in total. The highest BCUT2D eigenvalue weighted by molar-refractivity contribution is 5.10. The molecule has 52 valence electrons. The molecule has 0 radical (unpaired) electrons. The molecule has 1 heterocycles. The van der Waals surface area contributed by atoms with Crippen LogP contribution in [0.15, 0.2) is 12.2 Å². The summed E-state index contributed by atoms with van der Waals surface area (Å²) in [7, 11) is 0. The molecule has 0 amide bonds. The number of hydrogen-bond acceptors (Lipinski definition) is 1. The van der Waals surface area contributed by atoms with E-state index in [1.165, 1.54) is 12.8 Å². The maximum absolute atomic E-state index is 3.42. The molecule has 1 heteroatoms. The molecule has 0 fully saturated rings. The van der Waals surface area contributed by atoms with E-state index >= 15 is 0 Å². The van der Waals surface area contributed by atoms with E-state index in [4.69, 9.17) is 0 Å². The van der Waals surface area contributed by atoms with Gasteiger partial charge in [0.1, 0.15) is 0 Å². The Hall–Kier alpha value is -0.300. The number of nitrogens with one attached hydrogen (secondary N) is 1. The predicted molar refractivity (Wildman–Crippen MR) is 40.5 cm³/mol. The van der Waals surface area contributed by atoms with Crippen molar-refractivity contribution < 1.29 is 0 Å². The van der Waals surface area contributed by atoms with Gasteiger partial charge in [0.25, 0.3) is 0 Å². The second-order valence-electron chi connectivity index (χ2n) is 2.95. The maximum atomic E-state index is 3.42. The van der Waals surface area contributed by atoms with E-state index in [9.17, 15) is 0 Å². The van der Waals surface area contributed by atoms with Crippen LogP contribution in [-0.2, 0) is 0 Å². The molecule has 1 atom stereocenters. The monoisotopic (exact) mass is 125 g/mol. The zero-order valence-corrected chi connectivity index (χ0v) is 6.28. The molecule has 0 aromatic rings. The van der Waals surface area contributed by atoms with Crippen molar-refractivity contribution in [2.24, 2.45) is 0 Å². The van der Waals surface area contributed by atoms with Crippen LogP contribution in [0.4, 0.5) is 0 Å². The van der Waals surface area contributed by atoms with E-state index in [1.54, 1.807) is 0 Å². The molecule has 0 saturated heterocycles. The van der Waals surface area contributed by atoms with E-state index in [1.807, 2.05) is 0 Å². The lowest BCUT2D eigenvalue weighted by Crippen LogP contribution is -2.35. The molecule has 1 aliphatic heterocycles. The molecular weight excluding hydrogens is 110 g/mol. The van der Waals surface area contributed by atoms with Crippen molar-refractivity contribution in [2.75, 3.05) is 6.54 Å².